The summed E-state index contributed by atoms with van der Waals surface area (Å²) in [5.74, 6) is 0.276. The largest absolute Gasteiger partial charge is 0.432 e. The van der Waals surface area contributed by atoms with Crippen LogP contribution in [0.3, 0.4) is 0 Å². The smallest absolute Gasteiger partial charge is 0.313 e. The van der Waals surface area contributed by atoms with Crippen molar-refractivity contribution in [3.05, 3.63) is 54.2 Å². The molecule has 0 saturated carbocycles. The molecule has 0 aliphatic heterocycles. The molecule has 2 heterocycles. The Bertz CT molecular complexity index is 731. The second kappa shape index (κ2) is 5.00. The van der Waals surface area contributed by atoms with E-state index in [0.717, 1.165) is 5.56 Å². The molecule has 0 radical (unpaired) electrons. The van der Waals surface area contributed by atoms with Crippen molar-refractivity contribution < 1.29 is 13.7 Å². The predicted octanol–water partition coefficient (Wildman–Crippen LogP) is 2.89. The Balaban J connectivity index is 1.78. The van der Waals surface area contributed by atoms with Crippen LogP contribution < -0.4 is 5.32 Å². The molecule has 0 unspecified atom stereocenters. The first-order valence-corrected chi connectivity index (χ1v) is 5.98. The van der Waals surface area contributed by atoms with E-state index in [1.165, 1.54) is 6.20 Å². The number of anilines is 1. The number of carbonyl (C=O) groups is 1. The fourth-order valence-corrected chi connectivity index (χ4v) is 1.70. The predicted molar refractivity (Wildman–Crippen MR) is 71.1 cm³/mol. The van der Waals surface area contributed by atoms with Gasteiger partial charge in [0, 0.05) is 11.6 Å². The normalized spacial score (nSPS) is 10.4. The van der Waals surface area contributed by atoms with Crippen molar-refractivity contribution in [3.8, 4) is 11.3 Å². The molecule has 100 valence electrons. The zero-order chi connectivity index (χ0) is 13.9. The van der Waals surface area contributed by atoms with Crippen molar-refractivity contribution >= 4 is 11.8 Å². The lowest BCUT2D eigenvalue weighted by atomic mass is 10.2. The van der Waals surface area contributed by atoms with Crippen LogP contribution in [0.15, 0.2) is 51.5 Å². The Morgan fingerprint density at radius 3 is 2.75 bits per heavy atom. The lowest BCUT2D eigenvalue weighted by Crippen LogP contribution is -2.11. The van der Waals surface area contributed by atoms with Crippen LogP contribution in [0.1, 0.15) is 16.4 Å². The molecular formula is C14H11N3O3. The first kappa shape index (κ1) is 12.2. The summed E-state index contributed by atoms with van der Waals surface area (Å²) >= 11 is 0. The number of benzene rings is 1. The number of aryl methyl sites for hydroxylation is 1. The van der Waals surface area contributed by atoms with E-state index in [4.69, 9.17) is 8.94 Å². The highest BCUT2D eigenvalue weighted by Gasteiger charge is 2.16. The molecule has 2 aromatic heterocycles. The van der Waals surface area contributed by atoms with Crippen LogP contribution in [0.5, 0.6) is 0 Å². The standard InChI is InChI=1S/C14H11N3O3/c1-9-7-12(20-17-9)16-13(18)14-15-8-11(19-14)10-5-3-2-4-6-10/h2-8H,1H3,(H,16,18). The number of oxazole rings is 1. The van der Waals surface area contributed by atoms with Crippen LogP contribution >= 0.6 is 0 Å². The van der Waals surface area contributed by atoms with Crippen LogP contribution in [0, 0.1) is 6.92 Å². The first-order valence-electron chi connectivity index (χ1n) is 5.98. The topological polar surface area (TPSA) is 81.2 Å². The van der Waals surface area contributed by atoms with E-state index in [1.54, 1.807) is 13.0 Å². The van der Waals surface area contributed by atoms with Crippen LogP contribution in [0.25, 0.3) is 11.3 Å². The van der Waals surface area contributed by atoms with E-state index in [-0.39, 0.29) is 11.8 Å². The highest BCUT2D eigenvalue weighted by Crippen LogP contribution is 2.20. The molecule has 0 bridgehead atoms. The average Bonchev–Trinajstić information content (AvgIpc) is 3.09. The van der Waals surface area contributed by atoms with Gasteiger partial charge in [0.15, 0.2) is 5.76 Å². The number of rotatable bonds is 3. The van der Waals surface area contributed by atoms with Gasteiger partial charge in [-0.25, -0.2) is 4.98 Å². The molecule has 20 heavy (non-hydrogen) atoms. The number of nitrogens with one attached hydrogen (secondary N) is 1. The van der Waals surface area contributed by atoms with Crippen molar-refractivity contribution in [2.45, 2.75) is 6.92 Å². The summed E-state index contributed by atoms with van der Waals surface area (Å²) in [6, 6.07) is 11.0. The van der Waals surface area contributed by atoms with Crippen LogP contribution in [-0.2, 0) is 0 Å². The SMILES string of the molecule is Cc1cc(NC(=O)c2ncc(-c3ccccc3)o2)on1. The molecule has 6 nitrogen and oxygen atoms in total. The molecule has 3 aromatic rings. The Kier molecular flexibility index (Phi) is 3.04. The molecule has 0 atom stereocenters. The summed E-state index contributed by atoms with van der Waals surface area (Å²) in [7, 11) is 0. The maximum Gasteiger partial charge on any atom is 0.313 e. The van der Waals surface area contributed by atoms with Crippen LogP contribution in [0.4, 0.5) is 5.88 Å². The second-order valence-electron chi connectivity index (χ2n) is 4.18. The zero-order valence-electron chi connectivity index (χ0n) is 10.7. The van der Waals surface area contributed by atoms with Gasteiger partial charge in [-0.1, -0.05) is 35.5 Å². The fourth-order valence-electron chi connectivity index (χ4n) is 1.70. The van der Waals surface area contributed by atoms with Crippen LogP contribution in [-0.4, -0.2) is 16.0 Å². The first-order chi connectivity index (χ1) is 9.72. The number of hydrogen-bond acceptors (Lipinski definition) is 5. The van der Waals surface area contributed by atoms with Gasteiger partial charge in [0.25, 0.3) is 5.89 Å². The zero-order valence-corrected chi connectivity index (χ0v) is 10.7. The molecule has 1 aromatic carbocycles. The van der Waals surface area contributed by atoms with Crippen molar-refractivity contribution in [2.24, 2.45) is 0 Å². The third kappa shape index (κ3) is 2.44. The molecular weight excluding hydrogens is 258 g/mol. The van der Waals surface area contributed by atoms with Gasteiger partial charge < -0.3 is 8.94 Å². The van der Waals surface area contributed by atoms with E-state index in [0.29, 0.717) is 11.5 Å². The van der Waals surface area contributed by atoms with Gasteiger partial charge in [-0.3, -0.25) is 10.1 Å². The number of carbonyl (C=O) groups excluding carboxylic acids is 1. The summed E-state index contributed by atoms with van der Waals surface area (Å²) in [4.78, 5) is 15.9. The molecule has 0 aliphatic rings. The Morgan fingerprint density at radius 1 is 1.25 bits per heavy atom. The number of aromatic nitrogens is 2. The van der Waals surface area contributed by atoms with Gasteiger partial charge in [-0.15, -0.1) is 0 Å². The minimum atomic E-state index is -0.483. The lowest BCUT2D eigenvalue weighted by molar-refractivity contribution is 0.0988. The van der Waals surface area contributed by atoms with Crippen molar-refractivity contribution in [1.82, 2.24) is 10.1 Å². The molecule has 6 heteroatoms. The fraction of sp³-hybridized carbons (Fsp3) is 0.0714. The summed E-state index contributed by atoms with van der Waals surface area (Å²) < 4.78 is 10.3. The highest BCUT2D eigenvalue weighted by atomic mass is 16.5. The van der Waals surface area contributed by atoms with E-state index >= 15 is 0 Å². The number of hydrogen-bond donors (Lipinski definition) is 1. The van der Waals surface area contributed by atoms with Gasteiger partial charge >= 0.3 is 5.91 Å². The highest BCUT2D eigenvalue weighted by molar-refractivity contribution is 6.00. The van der Waals surface area contributed by atoms with Crippen molar-refractivity contribution in [2.75, 3.05) is 5.32 Å². The maximum absolute atomic E-state index is 11.9. The number of nitrogens with zero attached hydrogens (tertiary/aromatic N) is 2. The van der Waals surface area contributed by atoms with Gasteiger partial charge in [-0.2, -0.15) is 0 Å². The van der Waals surface area contributed by atoms with Gasteiger partial charge in [-0.05, 0) is 6.92 Å². The number of amides is 1. The molecule has 1 amide bonds. The van der Waals surface area contributed by atoms with E-state index in [2.05, 4.69) is 15.5 Å². The van der Waals surface area contributed by atoms with E-state index < -0.39 is 5.91 Å². The molecule has 3 rings (SSSR count). The van der Waals surface area contributed by atoms with Gasteiger partial charge in [0.1, 0.15) is 0 Å². The molecule has 1 N–H and O–H groups in total. The average molecular weight is 269 g/mol. The molecule has 0 aliphatic carbocycles. The molecule has 0 fully saturated rings. The third-order valence-corrected chi connectivity index (χ3v) is 2.62. The van der Waals surface area contributed by atoms with Crippen LogP contribution in [0.2, 0.25) is 0 Å². The van der Waals surface area contributed by atoms with Crippen molar-refractivity contribution in [1.29, 1.82) is 0 Å². The quantitative estimate of drug-likeness (QED) is 0.790. The minimum absolute atomic E-state index is 0.0297. The second-order valence-corrected chi connectivity index (χ2v) is 4.18. The summed E-state index contributed by atoms with van der Waals surface area (Å²) in [6.45, 7) is 1.76. The summed E-state index contributed by atoms with van der Waals surface area (Å²) in [5, 5.41) is 6.19. The maximum atomic E-state index is 11.9. The summed E-state index contributed by atoms with van der Waals surface area (Å²) in [6.07, 6.45) is 1.51. The Labute approximate surface area is 114 Å². The third-order valence-electron chi connectivity index (χ3n) is 2.62. The van der Waals surface area contributed by atoms with Gasteiger partial charge in [0.05, 0.1) is 11.9 Å². The minimum Gasteiger partial charge on any atom is -0.432 e. The van der Waals surface area contributed by atoms with Crippen molar-refractivity contribution in [3.63, 3.8) is 0 Å². The Morgan fingerprint density at radius 2 is 2.05 bits per heavy atom. The lowest BCUT2D eigenvalue weighted by Gasteiger charge is -1.96. The van der Waals surface area contributed by atoms with E-state index in [9.17, 15) is 4.79 Å². The summed E-state index contributed by atoms with van der Waals surface area (Å²) in [5.41, 5.74) is 1.53. The molecule has 0 saturated heterocycles. The van der Waals surface area contributed by atoms with Gasteiger partial charge in [0.2, 0.25) is 5.88 Å². The van der Waals surface area contributed by atoms with E-state index in [1.807, 2.05) is 30.3 Å². The monoisotopic (exact) mass is 269 g/mol. The Hall–Kier alpha value is -2.89. The molecule has 0 spiro atoms.